The van der Waals surface area contributed by atoms with Gasteiger partial charge in [0.05, 0.1) is 5.69 Å². The molecule has 1 fully saturated rings. The van der Waals surface area contributed by atoms with Crippen molar-refractivity contribution in [1.82, 2.24) is 20.0 Å². The molecule has 0 unspecified atom stereocenters. The zero-order chi connectivity index (χ0) is 20.6. The van der Waals surface area contributed by atoms with E-state index in [-0.39, 0.29) is 18.4 Å². The number of anilines is 1. The van der Waals surface area contributed by atoms with E-state index in [4.69, 9.17) is 0 Å². The minimum atomic E-state index is -0.122. The molecule has 0 saturated carbocycles. The van der Waals surface area contributed by atoms with Crippen LogP contribution < -0.4 is 4.90 Å². The molecular formula is C22H27N5O2. The van der Waals surface area contributed by atoms with Crippen LogP contribution in [0.5, 0.6) is 0 Å². The third-order valence-corrected chi connectivity index (χ3v) is 5.01. The van der Waals surface area contributed by atoms with E-state index in [2.05, 4.69) is 21.7 Å². The lowest BCUT2D eigenvalue weighted by Gasteiger charge is -2.25. The molecule has 1 aromatic carbocycles. The highest BCUT2D eigenvalue weighted by molar-refractivity contribution is 5.84. The van der Waals surface area contributed by atoms with Crippen molar-refractivity contribution in [1.29, 1.82) is 0 Å². The molecule has 152 valence electrons. The number of benzene rings is 1. The van der Waals surface area contributed by atoms with E-state index in [9.17, 15) is 9.59 Å². The minimum Gasteiger partial charge on any atom is -0.353 e. The van der Waals surface area contributed by atoms with Crippen LogP contribution in [0.1, 0.15) is 13.3 Å². The fraction of sp³-hybridized carbons (Fsp3) is 0.364. The Morgan fingerprint density at radius 2 is 1.86 bits per heavy atom. The summed E-state index contributed by atoms with van der Waals surface area (Å²) in [6.45, 7) is 8.36. The number of hydrogen-bond donors (Lipinski definition) is 0. The second kappa shape index (κ2) is 9.82. The molecule has 0 atom stereocenters. The van der Waals surface area contributed by atoms with Gasteiger partial charge in [-0.05, 0) is 18.6 Å². The van der Waals surface area contributed by atoms with E-state index in [1.807, 2.05) is 47.4 Å². The highest BCUT2D eigenvalue weighted by Gasteiger charge is 2.22. The molecule has 7 heteroatoms. The van der Waals surface area contributed by atoms with Crippen molar-refractivity contribution < 1.29 is 9.59 Å². The van der Waals surface area contributed by atoms with E-state index in [1.165, 1.54) is 11.8 Å². The smallest absolute Gasteiger partial charge is 0.242 e. The molecule has 1 aliphatic heterocycles. The quantitative estimate of drug-likeness (QED) is 0.704. The number of aromatic nitrogens is 2. The first-order valence-corrected chi connectivity index (χ1v) is 9.87. The largest absolute Gasteiger partial charge is 0.353 e. The fourth-order valence-corrected chi connectivity index (χ4v) is 3.38. The lowest BCUT2D eigenvalue weighted by Crippen LogP contribution is -2.43. The molecule has 2 aromatic rings. The van der Waals surface area contributed by atoms with Gasteiger partial charge in [0.25, 0.3) is 0 Å². The number of carbonyl (C=O) groups is 2. The van der Waals surface area contributed by atoms with Crippen LogP contribution in [-0.4, -0.2) is 71.1 Å². The molecule has 2 amide bonds. The van der Waals surface area contributed by atoms with Gasteiger partial charge in [-0.1, -0.05) is 36.4 Å². The lowest BCUT2D eigenvalue weighted by molar-refractivity contribution is -0.138. The number of hydrogen-bond acceptors (Lipinski definition) is 5. The predicted octanol–water partition coefficient (Wildman–Crippen LogP) is 2.22. The summed E-state index contributed by atoms with van der Waals surface area (Å²) in [5.74, 6) is 0.661. The third-order valence-electron chi connectivity index (χ3n) is 5.01. The van der Waals surface area contributed by atoms with Gasteiger partial charge in [-0.3, -0.25) is 9.59 Å². The van der Waals surface area contributed by atoms with Crippen molar-refractivity contribution in [2.45, 2.75) is 13.3 Å². The zero-order valence-corrected chi connectivity index (χ0v) is 16.8. The summed E-state index contributed by atoms with van der Waals surface area (Å²) in [6, 6.07) is 13.9. The zero-order valence-electron chi connectivity index (χ0n) is 16.8. The first-order valence-electron chi connectivity index (χ1n) is 9.87. The highest BCUT2D eigenvalue weighted by atomic mass is 16.2. The second-order valence-electron chi connectivity index (χ2n) is 7.05. The Morgan fingerprint density at radius 3 is 2.52 bits per heavy atom. The molecule has 1 aromatic heterocycles. The van der Waals surface area contributed by atoms with Gasteiger partial charge in [0.1, 0.15) is 6.54 Å². The Morgan fingerprint density at radius 1 is 1.07 bits per heavy atom. The molecule has 1 aliphatic rings. The molecule has 7 nitrogen and oxygen atoms in total. The number of rotatable bonds is 6. The maximum absolute atomic E-state index is 12.6. The van der Waals surface area contributed by atoms with Crippen LogP contribution in [0.2, 0.25) is 0 Å². The van der Waals surface area contributed by atoms with Crippen LogP contribution >= 0.6 is 0 Å². The van der Waals surface area contributed by atoms with Crippen molar-refractivity contribution in [2.24, 2.45) is 0 Å². The van der Waals surface area contributed by atoms with Gasteiger partial charge in [0, 0.05) is 45.2 Å². The van der Waals surface area contributed by atoms with Crippen LogP contribution in [0, 0.1) is 0 Å². The lowest BCUT2D eigenvalue weighted by atomic mass is 10.1. The number of amides is 2. The Kier molecular flexibility index (Phi) is 6.94. The van der Waals surface area contributed by atoms with Crippen LogP contribution in [-0.2, 0) is 9.59 Å². The van der Waals surface area contributed by atoms with E-state index >= 15 is 0 Å². The van der Waals surface area contributed by atoms with Crippen LogP contribution in [0.15, 0.2) is 55.1 Å². The molecule has 29 heavy (non-hydrogen) atoms. The molecule has 0 radical (unpaired) electrons. The Bertz CT molecular complexity index is 838. The summed E-state index contributed by atoms with van der Waals surface area (Å²) in [4.78, 5) is 29.8. The molecular weight excluding hydrogens is 366 g/mol. The van der Waals surface area contributed by atoms with Gasteiger partial charge < -0.3 is 14.7 Å². The summed E-state index contributed by atoms with van der Waals surface area (Å²) in [6.07, 6.45) is 2.48. The molecule has 3 rings (SSSR count). The van der Waals surface area contributed by atoms with Crippen LogP contribution in [0.4, 0.5) is 5.82 Å². The van der Waals surface area contributed by atoms with E-state index < -0.39 is 0 Å². The van der Waals surface area contributed by atoms with Gasteiger partial charge >= 0.3 is 0 Å². The molecule has 0 N–H and O–H groups in total. The van der Waals surface area contributed by atoms with Crippen molar-refractivity contribution in [3.05, 3.63) is 55.1 Å². The topological polar surface area (TPSA) is 69.6 Å². The normalized spacial score (nSPS) is 14.2. The standard InChI is InChI=1S/C22H27N5O2/c1-3-12-27(18(2)28)17-22(29)26-14-7-13-25(15-16-26)21-11-10-20(23-24-21)19-8-5-4-6-9-19/h3-6,8-11H,1,7,12-17H2,2H3. The Hall–Kier alpha value is -3.22. The molecule has 0 aliphatic carbocycles. The average molecular weight is 393 g/mol. The summed E-state index contributed by atoms with van der Waals surface area (Å²) in [5, 5.41) is 8.76. The third kappa shape index (κ3) is 5.40. The van der Waals surface area contributed by atoms with Crippen LogP contribution in [0.25, 0.3) is 11.3 Å². The van der Waals surface area contributed by atoms with Crippen molar-refractivity contribution in [3.8, 4) is 11.3 Å². The van der Waals surface area contributed by atoms with Gasteiger partial charge in [0.2, 0.25) is 11.8 Å². The maximum atomic E-state index is 12.6. The Balaban J connectivity index is 1.60. The fourth-order valence-electron chi connectivity index (χ4n) is 3.38. The van der Waals surface area contributed by atoms with Gasteiger partial charge in [0.15, 0.2) is 5.82 Å². The molecule has 0 bridgehead atoms. The second-order valence-corrected chi connectivity index (χ2v) is 7.05. The molecule has 1 saturated heterocycles. The summed E-state index contributed by atoms with van der Waals surface area (Å²) in [5.41, 5.74) is 1.88. The average Bonchev–Trinajstić information content (AvgIpc) is 3.00. The van der Waals surface area contributed by atoms with Crippen molar-refractivity contribution in [2.75, 3.05) is 44.2 Å². The first-order chi connectivity index (χ1) is 14.1. The number of nitrogens with zero attached hydrogens (tertiary/aromatic N) is 5. The Labute approximate surface area is 171 Å². The van der Waals surface area contributed by atoms with E-state index in [0.29, 0.717) is 26.2 Å². The molecule has 2 heterocycles. The highest BCUT2D eigenvalue weighted by Crippen LogP contribution is 2.19. The maximum Gasteiger partial charge on any atom is 0.242 e. The van der Waals surface area contributed by atoms with Gasteiger partial charge in [-0.25, -0.2) is 0 Å². The number of carbonyl (C=O) groups excluding carboxylic acids is 2. The predicted molar refractivity (Wildman–Crippen MR) is 113 cm³/mol. The summed E-state index contributed by atoms with van der Waals surface area (Å²) >= 11 is 0. The minimum absolute atomic E-state index is 0.0330. The molecule has 0 spiro atoms. The van der Waals surface area contributed by atoms with Gasteiger partial charge in [-0.2, -0.15) is 0 Å². The van der Waals surface area contributed by atoms with E-state index in [1.54, 1.807) is 6.08 Å². The van der Waals surface area contributed by atoms with Gasteiger partial charge in [-0.15, -0.1) is 16.8 Å². The summed E-state index contributed by atoms with van der Waals surface area (Å²) < 4.78 is 0. The van der Waals surface area contributed by atoms with E-state index in [0.717, 1.165) is 30.0 Å². The monoisotopic (exact) mass is 393 g/mol. The summed E-state index contributed by atoms with van der Waals surface area (Å²) in [7, 11) is 0. The SMILES string of the molecule is C=CCN(CC(=O)N1CCCN(c2ccc(-c3ccccc3)nn2)CC1)C(C)=O. The van der Waals surface area contributed by atoms with Crippen LogP contribution in [0.3, 0.4) is 0 Å². The first kappa shape index (κ1) is 20.5. The van der Waals surface area contributed by atoms with Crippen molar-refractivity contribution in [3.63, 3.8) is 0 Å². The van der Waals surface area contributed by atoms with Crippen molar-refractivity contribution >= 4 is 17.6 Å².